The van der Waals surface area contributed by atoms with E-state index in [1.54, 1.807) is 0 Å². The maximum Gasteiger partial charge on any atom is 0.262 e. The van der Waals surface area contributed by atoms with Gasteiger partial charge in [0.15, 0.2) is 0 Å². The minimum absolute atomic E-state index is 0.273. The van der Waals surface area contributed by atoms with Crippen LogP contribution >= 0.6 is 11.3 Å². The first-order valence-electron chi connectivity index (χ1n) is 10.8. The van der Waals surface area contributed by atoms with Crippen molar-refractivity contribution in [3.05, 3.63) is 64.2 Å². The molecule has 4 rings (SSSR count). The van der Waals surface area contributed by atoms with Crippen LogP contribution in [0.15, 0.2) is 42.5 Å². The highest BCUT2D eigenvalue weighted by Gasteiger charge is 2.30. The van der Waals surface area contributed by atoms with E-state index in [4.69, 9.17) is 10.7 Å². The summed E-state index contributed by atoms with van der Waals surface area (Å²) < 4.78 is 0. The Morgan fingerprint density at radius 3 is 2.65 bits per heavy atom. The molecule has 2 aromatic heterocycles. The number of rotatable bonds is 5. The molecule has 2 heterocycles. The van der Waals surface area contributed by atoms with Crippen LogP contribution in [-0.4, -0.2) is 22.8 Å². The molecule has 0 saturated heterocycles. The van der Waals surface area contributed by atoms with E-state index in [2.05, 4.69) is 32.2 Å². The quantitative estimate of drug-likeness (QED) is 0.627. The van der Waals surface area contributed by atoms with Gasteiger partial charge in [0.05, 0.1) is 4.88 Å². The summed E-state index contributed by atoms with van der Waals surface area (Å²) >= 11 is 1.37. The van der Waals surface area contributed by atoms with Crippen molar-refractivity contribution in [1.29, 1.82) is 0 Å². The number of carbonyl (C=O) groups is 2. The Hall–Kier alpha value is -2.73. The molecule has 2 amide bonds. The zero-order valence-corrected chi connectivity index (χ0v) is 19.1. The van der Waals surface area contributed by atoms with Gasteiger partial charge in [0.2, 0.25) is 5.91 Å². The normalized spacial score (nSPS) is 17.2. The number of hydrogen-bond donors (Lipinski definition) is 2. The number of pyridine rings is 1. The predicted octanol–water partition coefficient (Wildman–Crippen LogP) is 4.27. The van der Waals surface area contributed by atoms with Crippen molar-refractivity contribution in [3.63, 3.8) is 0 Å². The fourth-order valence-electron chi connectivity index (χ4n) is 4.28. The smallest absolute Gasteiger partial charge is 0.262 e. The van der Waals surface area contributed by atoms with Crippen LogP contribution in [-0.2, 0) is 24.1 Å². The number of benzene rings is 1. The number of fused-ring (bicyclic) bond motifs is 2. The SMILES string of the molecule is CC(C)(C)C1CCc2nc3sc(C(=O)N[C@@H](Cc4ccccc4)C(N)=O)cc3cc2C1. The van der Waals surface area contributed by atoms with E-state index >= 15 is 0 Å². The summed E-state index contributed by atoms with van der Waals surface area (Å²) in [5.74, 6) is -0.191. The molecule has 1 aliphatic rings. The summed E-state index contributed by atoms with van der Waals surface area (Å²) in [5, 5.41) is 3.80. The Bertz CT molecular complexity index is 1110. The van der Waals surface area contributed by atoms with E-state index in [0.717, 1.165) is 40.7 Å². The second-order valence-corrected chi connectivity index (χ2v) is 10.6. The third kappa shape index (κ3) is 4.79. The molecule has 0 spiro atoms. The van der Waals surface area contributed by atoms with Crippen LogP contribution in [0.25, 0.3) is 10.2 Å². The number of thiophene rings is 1. The van der Waals surface area contributed by atoms with Crippen molar-refractivity contribution < 1.29 is 9.59 Å². The van der Waals surface area contributed by atoms with Gasteiger partial charge in [-0.3, -0.25) is 9.59 Å². The van der Waals surface area contributed by atoms with Gasteiger partial charge in [0.1, 0.15) is 10.9 Å². The maximum atomic E-state index is 12.9. The summed E-state index contributed by atoms with van der Waals surface area (Å²) in [4.78, 5) is 31.1. The zero-order chi connectivity index (χ0) is 22.2. The molecule has 0 saturated carbocycles. The first-order valence-corrected chi connectivity index (χ1v) is 11.6. The largest absolute Gasteiger partial charge is 0.368 e. The maximum absolute atomic E-state index is 12.9. The Morgan fingerprint density at radius 1 is 1.23 bits per heavy atom. The number of nitrogens with one attached hydrogen (secondary N) is 1. The standard InChI is InChI=1S/C25H29N3O2S/c1-25(2,3)18-9-10-19-16(13-18)12-17-14-21(31-24(17)28-19)23(30)27-20(22(26)29)11-15-7-5-4-6-8-15/h4-8,12,14,18,20H,9-11,13H2,1-3H3,(H2,26,29)(H,27,30)/t18?,20-/m0/s1. The molecular formula is C25H29N3O2S. The van der Waals surface area contributed by atoms with Gasteiger partial charge < -0.3 is 11.1 Å². The molecule has 1 unspecified atom stereocenters. The number of amides is 2. The number of hydrogen-bond acceptors (Lipinski definition) is 4. The molecule has 0 aliphatic heterocycles. The van der Waals surface area contributed by atoms with Crippen molar-refractivity contribution in [1.82, 2.24) is 10.3 Å². The molecule has 5 nitrogen and oxygen atoms in total. The lowest BCUT2D eigenvalue weighted by molar-refractivity contribution is -0.119. The second-order valence-electron chi connectivity index (χ2n) is 9.52. The van der Waals surface area contributed by atoms with Gasteiger partial charge in [-0.25, -0.2) is 4.98 Å². The van der Waals surface area contributed by atoms with Gasteiger partial charge in [-0.1, -0.05) is 51.1 Å². The van der Waals surface area contributed by atoms with E-state index in [-0.39, 0.29) is 11.3 Å². The minimum Gasteiger partial charge on any atom is -0.368 e. The molecule has 31 heavy (non-hydrogen) atoms. The van der Waals surface area contributed by atoms with Gasteiger partial charge in [-0.05, 0) is 53.9 Å². The lowest BCUT2D eigenvalue weighted by Gasteiger charge is -2.34. The van der Waals surface area contributed by atoms with E-state index < -0.39 is 11.9 Å². The average Bonchev–Trinajstić information content (AvgIpc) is 3.14. The first-order chi connectivity index (χ1) is 14.7. The molecule has 6 heteroatoms. The highest BCUT2D eigenvalue weighted by atomic mass is 32.1. The molecular weight excluding hydrogens is 406 g/mol. The summed E-state index contributed by atoms with van der Waals surface area (Å²) in [6, 6.07) is 12.9. The predicted molar refractivity (Wildman–Crippen MR) is 125 cm³/mol. The van der Waals surface area contributed by atoms with Crippen molar-refractivity contribution in [2.75, 3.05) is 0 Å². The number of nitrogens with zero attached hydrogens (tertiary/aromatic N) is 1. The molecule has 3 N–H and O–H groups in total. The Kier molecular flexibility index (Phi) is 5.84. The van der Waals surface area contributed by atoms with Gasteiger partial charge in [-0.15, -0.1) is 11.3 Å². The van der Waals surface area contributed by atoms with Crippen molar-refractivity contribution in [3.8, 4) is 0 Å². The number of nitrogens with two attached hydrogens (primary N) is 1. The number of primary amides is 1. The third-order valence-electron chi connectivity index (χ3n) is 6.25. The summed E-state index contributed by atoms with van der Waals surface area (Å²) in [6.07, 6.45) is 3.52. The van der Waals surface area contributed by atoms with Crippen LogP contribution in [0.4, 0.5) is 0 Å². The third-order valence-corrected chi connectivity index (χ3v) is 7.30. The van der Waals surface area contributed by atoms with E-state index in [1.807, 2.05) is 36.4 Å². The van der Waals surface area contributed by atoms with Gasteiger partial charge in [-0.2, -0.15) is 0 Å². The lowest BCUT2D eigenvalue weighted by Crippen LogP contribution is -2.45. The Balaban J connectivity index is 1.54. The monoisotopic (exact) mass is 435 g/mol. The topological polar surface area (TPSA) is 85.1 Å². The van der Waals surface area contributed by atoms with Crippen LogP contribution in [0.1, 0.15) is 53.7 Å². The van der Waals surface area contributed by atoms with Crippen molar-refractivity contribution in [2.24, 2.45) is 17.1 Å². The molecule has 2 atom stereocenters. The van der Waals surface area contributed by atoms with E-state index in [9.17, 15) is 9.59 Å². The molecule has 0 fully saturated rings. The molecule has 1 aliphatic carbocycles. The van der Waals surface area contributed by atoms with Crippen molar-refractivity contribution >= 4 is 33.4 Å². The lowest BCUT2D eigenvalue weighted by atomic mass is 9.71. The molecule has 3 aromatic rings. The fourth-order valence-corrected chi connectivity index (χ4v) is 5.21. The average molecular weight is 436 g/mol. The zero-order valence-electron chi connectivity index (χ0n) is 18.3. The molecule has 0 radical (unpaired) electrons. The van der Waals surface area contributed by atoms with Crippen LogP contribution in [0.3, 0.4) is 0 Å². The van der Waals surface area contributed by atoms with Crippen LogP contribution in [0.5, 0.6) is 0 Å². The molecule has 0 bridgehead atoms. The Morgan fingerprint density at radius 2 is 1.97 bits per heavy atom. The van der Waals surface area contributed by atoms with Crippen LogP contribution in [0, 0.1) is 11.3 Å². The minimum atomic E-state index is -0.756. The highest BCUT2D eigenvalue weighted by molar-refractivity contribution is 7.20. The van der Waals surface area contributed by atoms with Crippen LogP contribution < -0.4 is 11.1 Å². The Labute approximate surface area is 187 Å². The van der Waals surface area contributed by atoms with E-state index in [0.29, 0.717) is 17.2 Å². The summed E-state index contributed by atoms with van der Waals surface area (Å²) in [5.41, 5.74) is 9.22. The number of carbonyl (C=O) groups excluding carboxylic acids is 2. The van der Waals surface area contributed by atoms with Gasteiger partial charge in [0, 0.05) is 17.5 Å². The van der Waals surface area contributed by atoms with Gasteiger partial charge >= 0.3 is 0 Å². The highest BCUT2D eigenvalue weighted by Crippen LogP contribution is 2.38. The summed E-state index contributed by atoms with van der Waals surface area (Å²) in [6.45, 7) is 6.89. The van der Waals surface area contributed by atoms with Gasteiger partial charge in [0.25, 0.3) is 5.91 Å². The fraction of sp³-hybridized carbons (Fsp3) is 0.400. The first kappa shape index (κ1) is 21.5. The number of aromatic nitrogens is 1. The van der Waals surface area contributed by atoms with Crippen LogP contribution in [0.2, 0.25) is 0 Å². The van der Waals surface area contributed by atoms with E-state index in [1.165, 1.54) is 16.9 Å². The van der Waals surface area contributed by atoms with Crippen molar-refractivity contribution in [2.45, 2.75) is 52.5 Å². The molecule has 162 valence electrons. The number of aryl methyl sites for hydroxylation is 1. The summed E-state index contributed by atoms with van der Waals surface area (Å²) in [7, 11) is 0. The second kappa shape index (κ2) is 8.42. The molecule has 1 aromatic carbocycles.